The molecule has 0 amide bonds. The maximum absolute atomic E-state index is 5.85. The van der Waals surface area contributed by atoms with E-state index in [9.17, 15) is 0 Å². The van der Waals surface area contributed by atoms with Gasteiger partial charge in [-0.3, -0.25) is 4.40 Å². The fraction of sp³-hybridized carbons (Fsp3) is 0.308. The SMILES string of the molecule is COc1cc(-c2ccc3nnc(-c4ccc(OCCCN(C)C)cc4)n3c2)cc(OC)c1OC. The van der Waals surface area contributed by atoms with Gasteiger partial charge in [-0.05, 0) is 80.2 Å². The molecular weight excluding hydrogens is 432 g/mol. The number of nitrogens with zero attached hydrogens (tertiary/aromatic N) is 4. The van der Waals surface area contributed by atoms with E-state index in [2.05, 4.69) is 29.2 Å². The minimum Gasteiger partial charge on any atom is -0.494 e. The fourth-order valence-corrected chi connectivity index (χ4v) is 3.78. The molecule has 4 aromatic rings. The Morgan fingerprint density at radius 3 is 2.09 bits per heavy atom. The molecule has 8 nitrogen and oxygen atoms in total. The van der Waals surface area contributed by atoms with E-state index in [0.29, 0.717) is 23.9 Å². The summed E-state index contributed by atoms with van der Waals surface area (Å²) < 4.78 is 24.3. The molecule has 0 saturated carbocycles. The van der Waals surface area contributed by atoms with Gasteiger partial charge in [0, 0.05) is 18.3 Å². The maximum atomic E-state index is 5.85. The Bertz CT molecular complexity index is 1230. The predicted molar refractivity (Wildman–Crippen MR) is 132 cm³/mol. The molecule has 0 aliphatic heterocycles. The Balaban J connectivity index is 1.62. The second-order valence-electron chi connectivity index (χ2n) is 8.11. The van der Waals surface area contributed by atoms with Gasteiger partial charge >= 0.3 is 0 Å². The summed E-state index contributed by atoms with van der Waals surface area (Å²) in [5.74, 6) is 3.35. The van der Waals surface area contributed by atoms with E-state index in [1.54, 1.807) is 21.3 Å². The first-order valence-corrected chi connectivity index (χ1v) is 11.1. The summed E-state index contributed by atoms with van der Waals surface area (Å²) in [6.07, 6.45) is 2.99. The van der Waals surface area contributed by atoms with E-state index in [-0.39, 0.29) is 0 Å². The molecule has 0 N–H and O–H groups in total. The minimum absolute atomic E-state index is 0.559. The lowest BCUT2D eigenvalue weighted by Crippen LogP contribution is -2.15. The van der Waals surface area contributed by atoms with Gasteiger partial charge in [-0.1, -0.05) is 0 Å². The van der Waals surface area contributed by atoms with Crippen LogP contribution in [0.3, 0.4) is 0 Å². The first kappa shape index (κ1) is 23.4. The first-order valence-electron chi connectivity index (χ1n) is 11.1. The summed E-state index contributed by atoms with van der Waals surface area (Å²) in [5, 5.41) is 8.75. The van der Waals surface area contributed by atoms with Crippen LogP contribution < -0.4 is 18.9 Å². The van der Waals surface area contributed by atoms with E-state index in [4.69, 9.17) is 18.9 Å². The molecule has 0 atom stereocenters. The summed E-state index contributed by atoms with van der Waals surface area (Å²) >= 11 is 0. The number of fused-ring (bicyclic) bond motifs is 1. The smallest absolute Gasteiger partial charge is 0.203 e. The molecule has 2 aromatic heterocycles. The number of methoxy groups -OCH3 is 3. The lowest BCUT2D eigenvalue weighted by atomic mass is 10.1. The molecule has 2 heterocycles. The molecule has 0 unspecified atom stereocenters. The lowest BCUT2D eigenvalue weighted by Gasteiger charge is -2.14. The van der Waals surface area contributed by atoms with Gasteiger partial charge in [0.15, 0.2) is 23.0 Å². The topological polar surface area (TPSA) is 70.4 Å². The van der Waals surface area contributed by atoms with Gasteiger partial charge in [0.25, 0.3) is 0 Å². The Kier molecular flexibility index (Phi) is 7.18. The van der Waals surface area contributed by atoms with Crippen LogP contribution in [0.25, 0.3) is 28.2 Å². The largest absolute Gasteiger partial charge is 0.494 e. The normalized spacial score (nSPS) is 11.1. The van der Waals surface area contributed by atoms with Crippen molar-refractivity contribution >= 4 is 5.65 Å². The van der Waals surface area contributed by atoms with E-state index >= 15 is 0 Å². The van der Waals surface area contributed by atoms with Crippen molar-refractivity contribution in [3.63, 3.8) is 0 Å². The average molecular weight is 463 g/mol. The van der Waals surface area contributed by atoms with Crippen LogP contribution in [0, 0.1) is 0 Å². The zero-order chi connectivity index (χ0) is 24.1. The van der Waals surface area contributed by atoms with Gasteiger partial charge in [-0.15, -0.1) is 10.2 Å². The number of hydrogen-bond donors (Lipinski definition) is 0. The highest BCUT2D eigenvalue weighted by atomic mass is 16.5. The minimum atomic E-state index is 0.559. The van der Waals surface area contributed by atoms with Crippen molar-refractivity contribution in [2.24, 2.45) is 0 Å². The second kappa shape index (κ2) is 10.4. The highest BCUT2D eigenvalue weighted by molar-refractivity contribution is 5.72. The summed E-state index contributed by atoms with van der Waals surface area (Å²) in [6, 6.07) is 15.7. The molecule has 0 aliphatic rings. The number of rotatable bonds is 10. The molecule has 0 aliphatic carbocycles. The Labute approximate surface area is 199 Å². The number of hydrogen-bond acceptors (Lipinski definition) is 7. The van der Waals surface area contributed by atoms with Crippen LogP contribution in [-0.4, -0.2) is 68.1 Å². The van der Waals surface area contributed by atoms with Crippen LogP contribution in [-0.2, 0) is 0 Å². The quantitative estimate of drug-likeness (QED) is 0.323. The van der Waals surface area contributed by atoms with Gasteiger partial charge in [-0.25, -0.2) is 0 Å². The van der Waals surface area contributed by atoms with Gasteiger partial charge in [0.05, 0.1) is 27.9 Å². The van der Waals surface area contributed by atoms with Gasteiger partial charge < -0.3 is 23.8 Å². The zero-order valence-electron chi connectivity index (χ0n) is 20.2. The molecule has 2 aromatic carbocycles. The summed E-state index contributed by atoms with van der Waals surface area (Å²) in [5.41, 5.74) is 3.61. The van der Waals surface area contributed by atoms with E-state index < -0.39 is 0 Å². The molecule has 4 rings (SSSR count). The third-order valence-corrected chi connectivity index (χ3v) is 5.53. The highest BCUT2D eigenvalue weighted by Crippen LogP contribution is 2.41. The van der Waals surface area contributed by atoms with Crippen molar-refractivity contribution in [3.05, 3.63) is 54.7 Å². The Hall–Kier alpha value is -3.78. The number of pyridine rings is 1. The monoisotopic (exact) mass is 462 g/mol. The molecular formula is C26H30N4O4. The van der Waals surface area contributed by atoms with Gasteiger partial charge in [0.2, 0.25) is 5.75 Å². The first-order chi connectivity index (χ1) is 16.5. The Morgan fingerprint density at radius 2 is 1.47 bits per heavy atom. The van der Waals surface area contributed by atoms with Crippen molar-refractivity contribution in [2.45, 2.75) is 6.42 Å². The number of ether oxygens (including phenoxy) is 4. The molecule has 34 heavy (non-hydrogen) atoms. The maximum Gasteiger partial charge on any atom is 0.203 e. The van der Waals surface area contributed by atoms with Crippen LogP contribution in [0.1, 0.15) is 6.42 Å². The van der Waals surface area contributed by atoms with Crippen molar-refractivity contribution in [1.29, 1.82) is 0 Å². The van der Waals surface area contributed by atoms with Crippen LogP contribution in [0.5, 0.6) is 23.0 Å². The fourth-order valence-electron chi connectivity index (χ4n) is 3.78. The summed E-state index contributed by atoms with van der Waals surface area (Å²) in [4.78, 5) is 2.15. The van der Waals surface area contributed by atoms with Gasteiger partial charge in [-0.2, -0.15) is 0 Å². The van der Waals surface area contributed by atoms with Crippen molar-refractivity contribution < 1.29 is 18.9 Å². The van der Waals surface area contributed by atoms with Crippen LogP contribution in [0.2, 0.25) is 0 Å². The zero-order valence-corrected chi connectivity index (χ0v) is 20.2. The second-order valence-corrected chi connectivity index (χ2v) is 8.11. The third-order valence-electron chi connectivity index (χ3n) is 5.53. The molecule has 0 bridgehead atoms. The van der Waals surface area contributed by atoms with E-state index in [0.717, 1.165) is 46.9 Å². The molecule has 0 saturated heterocycles. The predicted octanol–water partition coefficient (Wildman–Crippen LogP) is 4.42. The van der Waals surface area contributed by atoms with Crippen molar-refractivity contribution in [2.75, 3.05) is 48.6 Å². The molecule has 178 valence electrons. The Morgan fingerprint density at radius 1 is 0.794 bits per heavy atom. The van der Waals surface area contributed by atoms with Crippen LogP contribution in [0.4, 0.5) is 0 Å². The van der Waals surface area contributed by atoms with Crippen molar-refractivity contribution in [1.82, 2.24) is 19.5 Å². The summed E-state index contributed by atoms with van der Waals surface area (Å²) in [7, 11) is 8.93. The summed E-state index contributed by atoms with van der Waals surface area (Å²) in [6.45, 7) is 1.68. The standard InChI is InChI=1S/C26H30N4O4/c1-29(2)13-6-14-34-21-10-7-18(8-11-21)26-28-27-24-12-9-19(17-30(24)26)20-15-22(31-3)25(33-5)23(16-20)32-4/h7-12,15-17H,6,13-14H2,1-5H3. The molecule has 8 heteroatoms. The van der Waals surface area contributed by atoms with E-state index in [1.165, 1.54) is 0 Å². The van der Waals surface area contributed by atoms with E-state index in [1.807, 2.05) is 59.1 Å². The van der Waals surface area contributed by atoms with Crippen molar-refractivity contribution in [3.8, 4) is 45.5 Å². The van der Waals surface area contributed by atoms with Crippen LogP contribution in [0.15, 0.2) is 54.7 Å². The molecule has 0 spiro atoms. The molecule has 0 fully saturated rings. The number of aromatic nitrogens is 3. The van der Waals surface area contributed by atoms with Gasteiger partial charge in [0.1, 0.15) is 5.75 Å². The third kappa shape index (κ3) is 4.92. The highest BCUT2D eigenvalue weighted by Gasteiger charge is 2.15. The average Bonchev–Trinajstić information content (AvgIpc) is 3.29. The number of benzene rings is 2. The molecule has 0 radical (unpaired) electrons. The lowest BCUT2D eigenvalue weighted by molar-refractivity contribution is 0.281. The van der Waals surface area contributed by atoms with Crippen LogP contribution >= 0.6 is 0 Å².